The molecule has 0 aliphatic rings. The zero-order valence-corrected chi connectivity index (χ0v) is 12.9. The minimum atomic E-state index is -0.937. The summed E-state index contributed by atoms with van der Waals surface area (Å²) in [4.78, 5) is 16.8. The lowest BCUT2D eigenvalue weighted by molar-refractivity contribution is -0.149. The first kappa shape index (κ1) is 15.3. The Morgan fingerprint density at radius 2 is 2.00 bits per heavy atom. The largest absolute Gasteiger partial charge is 0.467 e. The van der Waals surface area contributed by atoms with E-state index in [1.165, 1.54) is 7.11 Å². The van der Waals surface area contributed by atoms with Crippen LogP contribution in [0.4, 0.5) is 0 Å². The summed E-state index contributed by atoms with van der Waals surface area (Å²) in [5.41, 5.74) is 1.92. The van der Waals surface area contributed by atoms with Gasteiger partial charge >= 0.3 is 5.97 Å². The molecule has 1 N–H and O–H groups in total. The highest BCUT2D eigenvalue weighted by Crippen LogP contribution is 2.26. The van der Waals surface area contributed by atoms with Gasteiger partial charge in [-0.05, 0) is 26.5 Å². The number of likely N-dealkylation sites (N-methyl/N-ethyl adjacent to an activating group) is 1. The molecule has 0 fully saturated rings. The second-order valence-electron chi connectivity index (χ2n) is 5.06. The van der Waals surface area contributed by atoms with Crippen molar-refractivity contribution in [3.63, 3.8) is 0 Å². The van der Waals surface area contributed by atoms with Crippen molar-refractivity contribution in [1.29, 1.82) is 0 Å². The van der Waals surface area contributed by atoms with Crippen molar-refractivity contribution >= 4 is 5.97 Å². The van der Waals surface area contributed by atoms with Gasteiger partial charge in [-0.2, -0.15) is 0 Å². The molecular weight excluding hydrogens is 266 g/mol. The Balaban J connectivity index is 2.50. The third-order valence-electron chi connectivity index (χ3n) is 3.98. The van der Waals surface area contributed by atoms with E-state index in [-0.39, 0.29) is 5.97 Å². The van der Waals surface area contributed by atoms with Crippen LogP contribution in [0.25, 0.3) is 0 Å². The van der Waals surface area contributed by atoms with E-state index < -0.39 is 5.54 Å². The average Bonchev–Trinajstić information content (AvgIpc) is 2.84. The lowest BCUT2D eigenvalue weighted by Crippen LogP contribution is -2.51. The quantitative estimate of drug-likeness (QED) is 0.852. The molecule has 1 aromatic carbocycles. The number of hydrogen-bond donors (Lipinski definition) is 1. The number of benzene rings is 1. The first-order valence-electron chi connectivity index (χ1n) is 6.86. The Bertz CT molecular complexity index is 622. The van der Waals surface area contributed by atoms with Crippen molar-refractivity contribution in [3.8, 4) is 0 Å². The van der Waals surface area contributed by atoms with E-state index in [9.17, 15) is 4.79 Å². The molecule has 5 heteroatoms. The van der Waals surface area contributed by atoms with Crippen LogP contribution in [-0.4, -0.2) is 29.7 Å². The lowest BCUT2D eigenvalue weighted by Gasteiger charge is -2.32. The maximum absolute atomic E-state index is 12.5. The Labute approximate surface area is 125 Å². The summed E-state index contributed by atoms with van der Waals surface area (Å²) in [5, 5.41) is 3.14. The number of nitrogens with zero attached hydrogens (tertiary/aromatic N) is 2. The smallest absolute Gasteiger partial charge is 0.332 e. The number of methoxy groups -OCH3 is 1. The molecular formula is C16H21N3O2. The van der Waals surface area contributed by atoms with Crippen LogP contribution in [0.5, 0.6) is 0 Å². The molecule has 2 rings (SSSR count). The van der Waals surface area contributed by atoms with Gasteiger partial charge in [0.15, 0.2) is 5.54 Å². The predicted octanol–water partition coefficient (Wildman–Crippen LogP) is 1.79. The molecule has 0 bridgehead atoms. The van der Waals surface area contributed by atoms with Gasteiger partial charge in [-0.3, -0.25) is 5.32 Å². The normalized spacial score (nSPS) is 13.7. The molecule has 0 saturated heterocycles. The van der Waals surface area contributed by atoms with E-state index in [4.69, 9.17) is 4.74 Å². The summed E-state index contributed by atoms with van der Waals surface area (Å²) >= 11 is 0. The van der Waals surface area contributed by atoms with Gasteiger partial charge in [0.05, 0.1) is 25.7 Å². The maximum atomic E-state index is 12.5. The average molecular weight is 287 g/mol. The molecule has 1 unspecified atom stereocenters. The number of nitrogens with one attached hydrogen (secondary N) is 1. The monoisotopic (exact) mass is 287 g/mol. The molecule has 0 amide bonds. The zero-order chi connectivity index (χ0) is 15.5. The summed E-state index contributed by atoms with van der Waals surface area (Å²) in [5.74, 6) is -0.318. The Hall–Kier alpha value is -2.14. The van der Waals surface area contributed by atoms with Crippen molar-refractivity contribution in [2.45, 2.75) is 25.9 Å². The molecule has 1 heterocycles. The summed E-state index contributed by atoms with van der Waals surface area (Å²) in [6.45, 7) is 4.37. The minimum Gasteiger partial charge on any atom is -0.467 e. The van der Waals surface area contributed by atoms with Gasteiger partial charge in [-0.25, -0.2) is 9.78 Å². The summed E-state index contributed by atoms with van der Waals surface area (Å²) < 4.78 is 7.01. The highest BCUT2D eigenvalue weighted by Gasteiger charge is 2.40. The van der Waals surface area contributed by atoms with Crippen molar-refractivity contribution in [2.24, 2.45) is 0 Å². The first-order chi connectivity index (χ1) is 10.0. The Morgan fingerprint density at radius 3 is 2.48 bits per heavy atom. The van der Waals surface area contributed by atoms with Gasteiger partial charge in [0.2, 0.25) is 0 Å². The fraction of sp³-hybridized carbons (Fsp3) is 0.375. The second-order valence-corrected chi connectivity index (χ2v) is 5.06. The number of aromatic nitrogens is 2. The fourth-order valence-corrected chi connectivity index (χ4v) is 2.46. The van der Waals surface area contributed by atoms with Crippen molar-refractivity contribution < 1.29 is 9.53 Å². The van der Waals surface area contributed by atoms with Gasteiger partial charge in [0, 0.05) is 5.69 Å². The summed E-state index contributed by atoms with van der Waals surface area (Å²) in [7, 11) is 3.17. The van der Waals surface area contributed by atoms with Crippen LogP contribution in [0.15, 0.2) is 36.7 Å². The van der Waals surface area contributed by atoms with Crippen LogP contribution < -0.4 is 5.32 Å². The molecule has 5 nitrogen and oxygen atoms in total. The van der Waals surface area contributed by atoms with Gasteiger partial charge < -0.3 is 9.30 Å². The van der Waals surface area contributed by atoms with Gasteiger partial charge in [0.25, 0.3) is 0 Å². The number of ether oxygens (including phenoxy) is 1. The number of aryl methyl sites for hydroxylation is 1. The highest BCUT2D eigenvalue weighted by molar-refractivity contribution is 5.82. The first-order valence-corrected chi connectivity index (χ1v) is 6.86. The molecule has 0 saturated carbocycles. The number of esters is 1. The molecule has 1 atom stereocenters. The van der Waals surface area contributed by atoms with E-state index >= 15 is 0 Å². The third kappa shape index (κ3) is 2.69. The predicted molar refractivity (Wildman–Crippen MR) is 80.9 cm³/mol. The number of carbonyl (C=O) groups is 1. The number of rotatable bonds is 5. The van der Waals surface area contributed by atoms with Crippen LogP contribution in [0, 0.1) is 13.8 Å². The third-order valence-corrected chi connectivity index (χ3v) is 3.98. The van der Waals surface area contributed by atoms with E-state index in [0.717, 1.165) is 17.0 Å². The Kier molecular flexibility index (Phi) is 4.43. The number of imidazole rings is 1. The lowest BCUT2D eigenvalue weighted by atomic mass is 9.89. The summed E-state index contributed by atoms with van der Waals surface area (Å²) in [6, 6.07) is 9.60. The van der Waals surface area contributed by atoms with E-state index in [0.29, 0.717) is 6.54 Å². The standard InChI is InChI=1S/C16H21N3O2/c1-12-13(2)19(11-18-12)10-16(17-3,15(20)21-4)14-8-6-5-7-9-14/h5-9,11,17H,10H2,1-4H3. The van der Waals surface area contributed by atoms with Crippen LogP contribution in [0.3, 0.4) is 0 Å². The molecule has 21 heavy (non-hydrogen) atoms. The van der Waals surface area contributed by atoms with Crippen molar-refractivity contribution in [2.75, 3.05) is 14.2 Å². The summed E-state index contributed by atoms with van der Waals surface area (Å²) in [6.07, 6.45) is 1.75. The van der Waals surface area contributed by atoms with Crippen molar-refractivity contribution in [1.82, 2.24) is 14.9 Å². The van der Waals surface area contributed by atoms with Crippen molar-refractivity contribution in [3.05, 3.63) is 53.6 Å². The molecule has 1 aromatic heterocycles. The number of carbonyl (C=O) groups excluding carboxylic acids is 1. The van der Waals surface area contributed by atoms with Crippen LogP contribution in [0.2, 0.25) is 0 Å². The molecule has 0 spiro atoms. The molecule has 0 radical (unpaired) electrons. The highest BCUT2D eigenvalue weighted by atomic mass is 16.5. The van der Waals surface area contributed by atoms with Crippen LogP contribution >= 0.6 is 0 Å². The topological polar surface area (TPSA) is 56.2 Å². The van der Waals surface area contributed by atoms with E-state index in [2.05, 4.69) is 10.3 Å². The Morgan fingerprint density at radius 1 is 1.33 bits per heavy atom. The van der Waals surface area contributed by atoms with Gasteiger partial charge in [-0.15, -0.1) is 0 Å². The van der Waals surface area contributed by atoms with Crippen LogP contribution in [-0.2, 0) is 21.6 Å². The van der Waals surface area contributed by atoms with E-state index in [1.807, 2.05) is 48.7 Å². The zero-order valence-electron chi connectivity index (χ0n) is 12.9. The van der Waals surface area contributed by atoms with E-state index in [1.54, 1.807) is 13.4 Å². The molecule has 0 aliphatic carbocycles. The van der Waals surface area contributed by atoms with Gasteiger partial charge in [0.1, 0.15) is 0 Å². The minimum absolute atomic E-state index is 0.318. The molecule has 2 aromatic rings. The molecule has 112 valence electrons. The van der Waals surface area contributed by atoms with Gasteiger partial charge in [-0.1, -0.05) is 30.3 Å². The SMILES string of the molecule is CNC(Cn1cnc(C)c1C)(C(=O)OC)c1ccccc1. The molecule has 0 aliphatic heterocycles. The second kappa shape index (κ2) is 6.10. The maximum Gasteiger partial charge on any atom is 0.332 e. The van der Waals surface area contributed by atoms with Crippen LogP contribution in [0.1, 0.15) is 17.0 Å². The number of hydrogen-bond acceptors (Lipinski definition) is 4. The fourth-order valence-electron chi connectivity index (χ4n) is 2.46.